The Labute approximate surface area is 215 Å². The lowest BCUT2D eigenvalue weighted by molar-refractivity contribution is -0.0739. The molecule has 8 heteroatoms. The van der Waals surface area contributed by atoms with Gasteiger partial charge >= 0.3 is 0 Å². The fourth-order valence-corrected chi connectivity index (χ4v) is 6.82. The van der Waals surface area contributed by atoms with Crippen LogP contribution in [0.15, 0.2) is 47.4 Å². The Kier molecular flexibility index (Phi) is 4.64. The molecule has 0 unspecified atom stereocenters. The second-order valence-electron chi connectivity index (χ2n) is 11.7. The molecule has 1 aromatic carbocycles. The summed E-state index contributed by atoms with van der Waals surface area (Å²) in [5, 5.41) is 4.71. The van der Waals surface area contributed by atoms with E-state index in [2.05, 4.69) is 20.7 Å². The van der Waals surface area contributed by atoms with Crippen molar-refractivity contribution in [1.29, 1.82) is 0 Å². The van der Waals surface area contributed by atoms with E-state index in [9.17, 15) is 4.79 Å². The van der Waals surface area contributed by atoms with E-state index in [1.54, 1.807) is 0 Å². The number of carbonyl (C=O) groups is 1. The fraction of sp³-hybridized carbons (Fsp3) is 0.483. The highest BCUT2D eigenvalue weighted by Gasteiger charge is 2.54. The zero-order valence-corrected chi connectivity index (χ0v) is 20.8. The Hall–Kier alpha value is -3.55. The third kappa shape index (κ3) is 3.60. The molecular weight excluding hydrogens is 464 g/mol. The van der Waals surface area contributed by atoms with Crippen molar-refractivity contribution in [2.75, 3.05) is 13.1 Å². The molecule has 0 bridgehead atoms. The summed E-state index contributed by atoms with van der Waals surface area (Å²) in [4.78, 5) is 28.8. The van der Waals surface area contributed by atoms with Crippen molar-refractivity contribution in [2.45, 2.75) is 69.2 Å². The standard InChI is InChI=1S/C29H30N6O2/c36-28(34-15-29(16-34)12-21(13-29)35-17-31-26(33-35)19-5-6-19)20-7-8-24-25(11-20)37-27(32-24)23-14-30-10-9-22(23)18-3-1-2-4-18/h7-11,14,17-19,21H,1-6,12-13,15-16H2. The highest BCUT2D eigenvalue weighted by atomic mass is 16.3. The number of fused-ring (bicyclic) bond motifs is 1. The largest absolute Gasteiger partial charge is 0.436 e. The number of aromatic nitrogens is 5. The zero-order chi connectivity index (χ0) is 24.6. The fourth-order valence-electron chi connectivity index (χ4n) is 6.82. The Morgan fingerprint density at radius 2 is 1.86 bits per heavy atom. The molecule has 0 radical (unpaired) electrons. The Bertz CT molecular complexity index is 1500. The average molecular weight is 495 g/mol. The Balaban J connectivity index is 0.960. The molecule has 188 valence electrons. The molecule has 4 fully saturated rings. The first-order valence-electron chi connectivity index (χ1n) is 13.7. The van der Waals surface area contributed by atoms with Crippen LogP contribution < -0.4 is 0 Å². The summed E-state index contributed by atoms with van der Waals surface area (Å²) in [7, 11) is 0. The van der Waals surface area contributed by atoms with Crippen molar-refractivity contribution in [3.05, 3.63) is 59.9 Å². The van der Waals surface area contributed by atoms with Crippen molar-refractivity contribution in [3.63, 3.8) is 0 Å². The molecule has 1 saturated heterocycles. The van der Waals surface area contributed by atoms with Gasteiger partial charge in [0.15, 0.2) is 11.4 Å². The summed E-state index contributed by atoms with van der Waals surface area (Å²) >= 11 is 0. The number of pyridine rings is 1. The molecule has 4 aromatic rings. The number of hydrogen-bond donors (Lipinski definition) is 0. The maximum atomic E-state index is 13.3. The first-order chi connectivity index (χ1) is 18.1. The second-order valence-corrected chi connectivity index (χ2v) is 11.7. The van der Waals surface area contributed by atoms with Crippen LogP contribution in [-0.2, 0) is 0 Å². The second kappa shape index (κ2) is 7.97. The van der Waals surface area contributed by atoms with Gasteiger partial charge in [-0.2, -0.15) is 5.10 Å². The highest BCUT2D eigenvalue weighted by Crippen LogP contribution is 2.54. The van der Waals surface area contributed by atoms with Crippen LogP contribution in [0.5, 0.6) is 0 Å². The average Bonchev–Trinajstić information content (AvgIpc) is 3.26. The van der Waals surface area contributed by atoms with Crippen molar-refractivity contribution in [3.8, 4) is 11.5 Å². The van der Waals surface area contributed by atoms with Crippen molar-refractivity contribution in [2.24, 2.45) is 5.41 Å². The number of rotatable bonds is 5. The number of hydrogen-bond acceptors (Lipinski definition) is 6. The number of nitrogens with zero attached hydrogens (tertiary/aromatic N) is 6. The van der Waals surface area contributed by atoms with E-state index in [0.717, 1.165) is 42.8 Å². The third-order valence-corrected chi connectivity index (χ3v) is 9.04. The van der Waals surface area contributed by atoms with Gasteiger partial charge < -0.3 is 9.32 Å². The van der Waals surface area contributed by atoms with Crippen LogP contribution in [0.25, 0.3) is 22.6 Å². The van der Waals surface area contributed by atoms with E-state index in [1.807, 2.05) is 41.8 Å². The molecule has 1 amide bonds. The Morgan fingerprint density at radius 3 is 2.68 bits per heavy atom. The van der Waals surface area contributed by atoms with Crippen molar-refractivity contribution < 1.29 is 9.21 Å². The van der Waals surface area contributed by atoms with Gasteiger partial charge in [-0.3, -0.25) is 9.78 Å². The molecule has 4 aliphatic rings. The van der Waals surface area contributed by atoms with Gasteiger partial charge in [-0.25, -0.2) is 14.6 Å². The summed E-state index contributed by atoms with van der Waals surface area (Å²) in [5.74, 6) is 2.80. The number of benzene rings is 1. The van der Waals surface area contributed by atoms with E-state index in [-0.39, 0.29) is 11.3 Å². The number of likely N-dealkylation sites (tertiary alicyclic amines) is 1. The van der Waals surface area contributed by atoms with Gasteiger partial charge in [0, 0.05) is 42.4 Å². The Morgan fingerprint density at radius 1 is 1.03 bits per heavy atom. The molecule has 8 rings (SSSR count). The minimum atomic E-state index is 0.0683. The molecule has 4 heterocycles. The summed E-state index contributed by atoms with van der Waals surface area (Å²) < 4.78 is 8.25. The molecule has 0 atom stereocenters. The maximum absolute atomic E-state index is 13.3. The number of carbonyl (C=O) groups excluding carboxylic acids is 1. The normalized spacial score (nSPS) is 21.5. The molecule has 8 nitrogen and oxygen atoms in total. The number of amides is 1. The van der Waals surface area contributed by atoms with Crippen LogP contribution >= 0.6 is 0 Å². The van der Waals surface area contributed by atoms with Crippen LogP contribution in [0.3, 0.4) is 0 Å². The predicted molar refractivity (Wildman–Crippen MR) is 137 cm³/mol. The van der Waals surface area contributed by atoms with E-state index in [0.29, 0.717) is 34.9 Å². The van der Waals surface area contributed by atoms with Crippen LogP contribution in [0.4, 0.5) is 0 Å². The molecule has 3 aliphatic carbocycles. The van der Waals surface area contributed by atoms with Crippen LogP contribution in [0, 0.1) is 5.41 Å². The lowest BCUT2D eigenvalue weighted by atomic mass is 9.60. The minimum Gasteiger partial charge on any atom is -0.436 e. The summed E-state index contributed by atoms with van der Waals surface area (Å²) in [6.45, 7) is 1.62. The van der Waals surface area contributed by atoms with Crippen LogP contribution in [-0.4, -0.2) is 48.6 Å². The van der Waals surface area contributed by atoms with Crippen molar-refractivity contribution in [1.82, 2.24) is 29.6 Å². The first kappa shape index (κ1) is 21.5. The van der Waals surface area contributed by atoms with Crippen LogP contribution in [0.1, 0.15) is 91.0 Å². The van der Waals surface area contributed by atoms with Gasteiger partial charge in [-0.15, -0.1) is 0 Å². The quantitative estimate of drug-likeness (QED) is 0.364. The van der Waals surface area contributed by atoms with Gasteiger partial charge in [0.05, 0.1) is 11.6 Å². The van der Waals surface area contributed by atoms with Gasteiger partial charge in [0.1, 0.15) is 11.8 Å². The molecular formula is C29H30N6O2. The van der Waals surface area contributed by atoms with Gasteiger partial charge in [-0.05, 0) is 74.3 Å². The molecule has 1 spiro atoms. The van der Waals surface area contributed by atoms with E-state index in [1.165, 1.54) is 44.1 Å². The smallest absolute Gasteiger partial charge is 0.254 e. The molecule has 0 N–H and O–H groups in total. The summed E-state index contributed by atoms with van der Waals surface area (Å²) in [5.41, 5.74) is 4.57. The van der Waals surface area contributed by atoms with E-state index < -0.39 is 0 Å². The lowest BCUT2D eigenvalue weighted by Crippen LogP contribution is -2.63. The molecule has 1 aliphatic heterocycles. The van der Waals surface area contributed by atoms with Gasteiger partial charge in [-0.1, -0.05) is 12.8 Å². The zero-order valence-electron chi connectivity index (χ0n) is 20.8. The minimum absolute atomic E-state index is 0.0683. The maximum Gasteiger partial charge on any atom is 0.254 e. The molecule has 3 aromatic heterocycles. The lowest BCUT2D eigenvalue weighted by Gasteiger charge is -2.58. The number of oxazole rings is 1. The topological polar surface area (TPSA) is 89.9 Å². The van der Waals surface area contributed by atoms with Crippen molar-refractivity contribution >= 4 is 17.0 Å². The van der Waals surface area contributed by atoms with Crippen LogP contribution in [0.2, 0.25) is 0 Å². The van der Waals surface area contributed by atoms with Gasteiger partial charge in [0.2, 0.25) is 5.89 Å². The molecule has 3 saturated carbocycles. The third-order valence-electron chi connectivity index (χ3n) is 9.04. The van der Waals surface area contributed by atoms with E-state index >= 15 is 0 Å². The van der Waals surface area contributed by atoms with Gasteiger partial charge in [0.25, 0.3) is 5.91 Å². The monoisotopic (exact) mass is 494 g/mol. The molecule has 37 heavy (non-hydrogen) atoms. The summed E-state index contributed by atoms with van der Waals surface area (Å²) in [6, 6.07) is 8.15. The van der Waals surface area contributed by atoms with E-state index in [4.69, 9.17) is 14.5 Å². The predicted octanol–water partition coefficient (Wildman–Crippen LogP) is 5.49. The first-order valence-corrected chi connectivity index (χ1v) is 13.7. The SMILES string of the molecule is O=C(c1ccc2nc(-c3cnccc3C3CCCC3)oc2c1)N1CC2(CC(n3cnc(C4CC4)n3)C2)C1. The summed E-state index contributed by atoms with van der Waals surface area (Å²) in [6.07, 6.45) is 15.2. The highest BCUT2D eigenvalue weighted by molar-refractivity contribution is 5.97.